The Morgan fingerprint density at radius 2 is 1.88 bits per heavy atom. The maximum atomic E-state index is 12.2. The van der Waals surface area contributed by atoms with Gasteiger partial charge in [-0.15, -0.1) is 0 Å². The van der Waals surface area contributed by atoms with Gasteiger partial charge in [0.05, 0.1) is 6.61 Å². The fourth-order valence-corrected chi connectivity index (χ4v) is 3.69. The van der Waals surface area contributed by atoms with E-state index in [1.807, 2.05) is 6.07 Å². The quantitative estimate of drug-likeness (QED) is 0.548. The molecule has 0 saturated heterocycles. The van der Waals surface area contributed by atoms with Crippen molar-refractivity contribution >= 4 is 19.4 Å². The standard InChI is InChI=1S/C16H22NO6P/c1-4-23-24(3,21)11-12(2)14(15(18)19)17-16(20)22-10-13-8-6-5-7-9-13/h5-9H,4,10-11H2,1-3H3,(H,17,20)(H,18,19). The summed E-state index contributed by atoms with van der Waals surface area (Å²) >= 11 is 0. The molecule has 2 N–H and O–H groups in total. The Bertz CT molecular complexity index is 656. The topological polar surface area (TPSA) is 102 Å². The van der Waals surface area contributed by atoms with E-state index in [1.165, 1.54) is 13.6 Å². The number of hydrogen-bond donors (Lipinski definition) is 2. The van der Waals surface area contributed by atoms with Gasteiger partial charge in [0, 0.05) is 12.8 Å². The lowest BCUT2D eigenvalue weighted by molar-refractivity contribution is -0.133. The second-order valence-corrected chi connectivity index (χ2v) is 7.84. The Morgan fingerprint density at radius 3 is 2.42 bits per heavy atom. The number of rotatable bonds is 8. The van der Waals surface area contributed by atoms with Crippen molar-refractivity contribution in [2.45, 2.75) is 20.5 Å². The van der Waals surface area contributed by atoms with Crippen LogP contribution in [0.1, 0.15) is 19.4 Å². The Morgan fingerprint density at radius 1 is 1.25 bits per heavy atom. The molecule has 1 aromatic carbocycles. The number of carboxylic acids is 1. The van der Waals surface area contributed by atoms with E-state index in [1.54, 1.807) is 31.2 Å². The van der Waals surface area contributed by atoms with Crippen LogP contribution in [-0.4, -0.2) is 36.6 Å². The average Bonchev–Trinajstić information content (AvgIpc) is 2.50. The summed E-state index contributed by atoms with van der Waals surface area (Å²) < 4.78 is 22.3. The maximum absolute atomic E-state index is 12.2. The summed E-state index contributed by atoms with van der Waals surface area (Å²) in [5, 5.41) is 11.4. The van der Waals surface area contributed by atoms with Gasteiger partial charge >= 0.3 is 12.1 Å². The molecule has 1 amide bonds. The van der Waals surface area contributed by atoms with Crippen molar-refractivity contribution in [2.24, 2.45) is 0 Å². The van der Waals surface area contributed by atoms with Gasteiger partial charge in [0.15, 0.2) is 0 Å². The predicted octanol–water partition coefficient (Wildman–Crippen LogP) is 3.22. The van der Waals surface area contributed by atoms with Crippen LogP contribution in [0.25, 0.3) is 0 Å². The molecular weight excluding hydrogens is 333 g/mol. The molecule has 1 aromatic rings. The zero-order valence-electron chi connectivity index (χ0n) is 13.9. The molecule has 1 atom stereocenters. The minimum absolute atomic E-state index is 0.0177. The number of carbonyl (C=O) groups is 2. The van der Waals surface area contributed by atoms with E-state index in [9.17, 15) is 19.3 Å². The number of carbonyl (C=O) groups excluding carboxylic acids is 1. The normalized spacial score (nSPS) is 14.3. The highest BCUT2D eigenvalue weighted by molar-refractivity contribution is 7.58. The number of allylic oxidation sites excluding steroid dienone is 1. The molecule has 0 aliphatic heterocycles. The fraction of sp³-hybridized carbons (Fsp3) is 0.375. The molecule has 1 unspecified atom stereocenters. The first kappa shape index (κ1) is 19.9. The second kappa shape index (κ2) is 9.25. The Labute approximate surface area is 141 Å². The fourth-order valence-electron chi connectivity index (χ4n) is 2.03. The number of aliphatic carboxylic acids is 1. The maximum Gasteiger partial charge on any atom is 0.412 e. The molecule has 0 saturated carbocycles. The molecule has 0 aliphatic rings. The molecule has 0 bridgehead atoms. The molecule has 24 heavy (non-hydrogen) atoms. The smallest absolute Gasteiger partial charge is 0.412 e. The van der Waals surface area contributed by atoms with Crippen LogP contribution in [0.5, 0.6) is 0 Å². The van der Waals surface area contributed by atoms with E-state index in [4.69, 9.17) is 9.26 Å². The molecule has 0 radical (unpaired) electrons. The average molecular weight is 355 g/mol. The van der Waals surface area contributed by atoms with Crippen LogP contribution in [0.2, 0.25) is 0 Å². The number of hydrogen-bond acceptors (Lipinski definition) is 5. The Hall–Kier alpha value is -2.11. The molecule has 1 rings (SSSR count). The van der Waals surface area contributed by atoms with Crippen LogP contribution < -0.4 is 5.32 Å². The van der Waals surface area contributed by atoms with Crippen molar-refractivity contribution in [1.29, 1.82) is 0 Å². The van der Waals surface area contributed by atoms with E-state index in [2.05, 4.69) is 5.32 Å². The van der Waals surface area contributed by atoms with Crippen molar-refractivity contribution in [1.82, 2.24) is 5.32 Å². The van der Waals surface area contributed by atoms with Gasteiger partial charge in [-0.05, 0) is 25.0 Å². The van der Waals surface area contributed by atoms with Crippen LogP contribution in [0.4, 0.5) is 4.79 Å². The van der Waals surface area contributed by atoms with Crippen LogP contribution in [0, 0.1) is 0 Å². The third kappa shape index (κ3) is 6.98. The van der Waals surface area contributed by atoms with E-state index < -0.39 is 19.4 Å². The molecule has 8 heteroatoms. The van der Waals surface area contributed by atoms with Crippen LogP contribution >= 0.6 is 7.37 Å². The number of ether oxygens (including phenoxy) is 1. The highest BCUT2D eigenvalue weighted by Crippen LogP contribution is 2.44. The third-order valence-corrected chi connectivity index (χ3v) is 4.86. The minimum Gasteiger partial charge on any atom is -0.477 e. The van der Waals surface area contributed by atoms with Gasteiger partial charge in [-0.25, -0.2) is 9.59 Å². The summed E-state index contributed by atoms with van der Waals surface area (Å²) in [5.74, 6) is -1.33. The van der Waals surface area contributed by atoms with Crippen molar-refractivity contribution in [2.75, 3.05) is 19.4 Å². The number of amides is 1. The van der Waals surface area contributed by atoms with E-state index in [-0.39, 0.29) is 30.6 Å². The second-order valence-electron chi connectivity index (χ2n) is 5.24. The van der Waals surface area contributed by atoms with Crippen molar-refractivity contribution < 1.29 is 28.5 Å². The monoisotopic (exact) mass is 355 g/mol. The molecular formula is C16H22NO6P. The first-order valence-electron chi connectivity index (χ1n) is 7.37. The van der Waals surface area contributed by atoms with Crippen LogP contribution in [0.15, 0.2) is 41.6 Å². The van der Waals surface area contributed by atoms with E-state index in [0.717, 1.165) is 5.56 Å². The number of benzene rings is 1. The summed E-state index contributed by atoms with van der Waals surface area (Å²) in [6.45, 7) is 4.88. The predicted molar refractivity (Wildman–Crippen MR) is 90.1 cm³/mol. The highest BCUT2D eigenvalue weighted by Gasteiger charge is 2.22. The molecule has 132 valence electrons. The summed E-state index contributed by atoms with van der Waals surface area (Å²) in [6.07, 6.45) is -0.959. The summed E-state index contributed by atoms with van der Waals surface area (Å²) in [4.78, 5) is 23.1. The van der Waals surface area contributed by atoms with Crippen molar-refractivity contribution in [3.8, 4) is 0 Å². The molecule has 0 aromatic heterocycles. The van der Waals surface area contributed by atoms with Gasteiger partial charge < -0.3 is 14.4 Å². The third-order valence-electron chi connectivity index (χ3n) is 3.01. The highest BCUT2D eigenvalue weighted by atomic mass is 31.2. The number of carboxylic acid groups (broad SMARTS) is 1. The van der Waals surface area contributed by atoms with E-state index >= 15 is 0 Å². The first-order valence-corrected chi connectivity index (χ1v) is 9.62. The van der Waals surface area contributed by atoms with Crippen molar-refractivity contribution in [3.05, 3.63) is 47.2 Å². The Kier molecular flexibility index (Phi) is 7.68. The number of nitrogens with one attached hydrogen (secondary N) is 1. The summed E-state index contributed by atoms with van der Waals surface area (Å²) in [6, 6.07) is 9.00. The lowest BCUT2D eigenvalue weighted by Gasteiger charge is -2.15. The van der Waals surface area contributed by atoms with E-state index in [0.29, 0.717) is 0 Å². The SMILES string of the molecule is CCOP(C)(=O)CC(C)=C(NC(=O)OCc1ccccc1)C(=O)O. The van der Waals surface area contributed by atoms with Gasteiger partial charge in [0.1, 0.15) is 12.3 Å². The lowest BCUT2D eigenvalue weighted by atomic mass is 10.2. The van der Waals surface area contributed by atoms with Crippen molar-refractivity contribution in [3.63, 3.8) is 0 Å². The molecule has 0 spiro atoms. The van der Waals surface area contributed by atoms with Gasteiger partial charge in [-0.1, -0.05) is 30.3 Å². The zero-order valence-corrected chi connectivity index (χ0v) is 14.8. The van der Waals surface area contributed by atoms with Crippen LogP contribution in [0.3, 0.4) is 0 Å². The number of alkyl carbamates (subject to hydrolysis) is 1. The summed E-state index contributed by atoms with van der Waals surface area (Å²) in [5.41, 5.74) is 0.674. The summed E-state index contributed by atoms with van der Waals surface area (Å²) in [7, 11) is -2.96. The Balaban J connectivity index is 2.74. The molecule has 0 heterocycles. The van der Waals surface area contributed by atoms with Gasteiger partial charge in [0.2, 0.25) is 7.37 Å². The van der Waals surface area contributed by atoms with Gasteiger partial charge in [-0.2, -0.15) is 0 Å². The molecule has 0 fully saturated rings. The molecule has 0 aliphatic carbocycles. The first-order chi connectivity index (χ1) is 11.2. The van der Waals surface area contributed by atoms with Crippen LogP contribution in [-0.2, 0) is 25.2 Å². The van der Waals surface area contributed by atoms with Gasteiger partial charge in [0.25, 0.3) is 0 Å². The minimum atomic E-state index is -2.96. The molecule has 7 nitrogen and oxygen atoms in total. The lowest BCUT2D eigenvalue weighted by Crippen LogP contribution is -2.29. The zero-order chi connectivity index (χ0) is 18.2. The largest absolute Gasteiger partial charge is 0.477 e. The van der Waals surface area contributed by atoms with Gasteiger partial charge in [-0.3, -0.25) is 9.88 Å².